The molecule has 8 nitrogen and oxygen atoms in total. The topological polar surface area (TPSA) is 99.7 Å². The van der Waals surface area contributed by atoms with Crippen molar-refractivity contribution in [2.75, 3.05) is 38.7 Å². The SMILES string of the molecule is CN(C)CCN(C(=O)C(=O)NCc1ccccn1)C1CCS(=O)(=O)C1. The highest BCUT2D eigenvalue weighted by atomic mass is 32.2. The average Bonchev–Trinajstić information content (AvgIpc) is 2.93. The van der Waals surface area contributed by atoms with E-state index in [1.165, 1.54) is 4.90 Å². The van der Waals surface area contributed by atoms with Gasteiger partial charge >= 0.3 is 11.8 Å². The Morgan fingerprint density at radius 2 is 2.04 bits per heavy atom. The van der Waals surface area contributed by atoms with Gasteiger partial charge in [-0.15, -0.1) is 0 Å². The molecule has 0 saturated carbocycles. The van der Waals surface area contributed by atoms with Crippen LogP contribution in [-0.4, -0.2) is 79.7 Å². The van der Waals surface area contributed by atoms with Crippen LogP contribution in [0.4, 0.5) is 0 Å². The Hall–Kier alpha value is -2.00. The second-order valence-electron chi connectivity index (χ2n) is 6.36. The van der Waals surface area contributed by atoms with E-state index in [1.54, 1.807) is 24.4 Å². The molecule has 0 radical (unpaired) electrons. The molecule has 25 heavy (non-hydrogen) atoms. The summed E-state index contributed by atoms with van der Waals surface area (Å²) < 4.78 is 23.5. The summed E-state index contributed by atoms with van der Waals surface area (Å²) in [7, 11) is 0.570. The average molecular weight is 368 g/mol. The number of amides is 2. The van der Waals surface area contributed by atoms with Crippen molar-refractivity contribution in [3.05, 3.63) is 30.1 Å². The van der Waals surface area contributed by atoms with Gasteiger partial charge in [-0.3, -0.25) is 14.6 Å². The Bertz CT molecular complexity index is 706. The van der Waals surface area contributed by atoms with Gasteiger partial charge in [0.05, 0.1) is 23.7 Å². The summed E-state index contributed by atoms with van der Waals surface area (Å²) in [6, 6.07) is 4.86. The van der Waals surface area contributed by atoms with Crippen LogP contribution < -0.4 is 5.32 Å². The molecule has 138 valence electrons. The molecule has 2 rings (SSSR count). The predicted molar refractivity (Wildman–Crippen MR) is 93.4 cm³/mol. The Morgan fingerprint density at radius 3 is 2.60 bits per heavy atom. The Labute approximate surface area is 148 Å². The highest BCUT2D eigenvalue weighted by molar-refractivity contribution is 7.91. The van der Waals surface area contributed by atoms with Crippen molar-refractivity contribution in [2.24, 2.45) is 0 Å². The quantitative estimate of drug-likeness (QED) is 0.665. The van der Waals surface area contributed by atoms with Crippen molar-refractivity contribution < 1.29 is 18.0 Å². The molecule has 1 aliphatic rings. The number of carbonyl (C=O) groups excluding carboxylic acids is 2. The van der Waals surface area contributed by atoms with Gasteiger partial charge in [-0.2, -0.15) is 0 Å². The number of aromatic nitrogens is 1. The van der Waals surface area contributed by atoms with Crippen molar-refractivity contribution in [3.63, 3.8) is 0 Å². The number of sulfone groups is 1. The van der Waals surface area contributed by atoms with E-state index in [4.69, 9.17) is 0 Å². The van der Waals surface area contributed by atoms with Crippen molar-refractivity contribution in [1.82, 2.24) is 20.1 Å². The smallest absolute Gasteiger partial charge is 0.312 e. The molecule has 1 atom stereocenters. The maximum absolute atomic E-state index is 12.6. The summed E-state index contributed by atoms with van der Waals surface area (Å²) in [5.41, 5.74) is 0.645. The van der Waals surface area contributed by atoms with Crippen LogP contribution in [0.2, 0.25) is 0 Å². The number of pyridine rings is 1. The summed E-state index contributed by atoms with van der Waals surface area (Å²) in [5, 5.41) is 2.56. The first kappa shape index (κ1) is 19.3. The van der Waals surface area contributed by atoms with Gasteiger partial charge in [0.1, 0.15) is 0 Å². The van der Waals surface area contributed by atoms with E-state index in [0.717, 1.165) is 0 Å². The Morgan fingerprint density at radius 1 is 1.28 bits per heavy atom. The molecule has 9 heteroatoms. The molecular formula is C16H24N4O4S. The molecule has 2 amide bonds. The highest BCUT2D eigenvalue weighted by Crippen LogP contribution is 2.18. The normalized spacial score (nSPS) is 18.9. The Kier molecular flexibility index (Phi) is 6.49. The third kappa shape index (κ3) is 5.79. The van der Waals surface area contributed by atoms with E-state index in [0.29, 0.717) is 25.2 Å². The third-order valence-corrected chi connectivity index (χ3v) is 5.80. The molecule has 2 heterocycles. The van der Waals surface area contributed by atoms with Gasteiger partial charge in [0.25, 0.3) is 0 Å². The number of likely N-dealkylation sites (N-methyl/N-ethyl adjacent to an activating group) is 1. The molecule has 1 aliphatic heterocycles. The lowest BCUT2D eigenvalue weighted by atomic mass is 10.2. The molecule has 0 aliphatic carbocycles. The molecular weight excluding hydrogens is 344 g/mol. The fraction of sp³-hybridized carbons (Fsp3) is 0.562. The van der Waals surface area contributed by atoms with Crippen LogP contribution in [0.1, 0.15) is 12.1 Å². The molecule has 0 aromatic carbocycles. The zero-order chi connectivity index (χ0) is 18.4. The molecule has 1 N–H and O–H groups in total. The van der Waals surface area contributed by atoms with Gasteiger partial charge in [-0.1, -0.05) is 6.07 Å². The van der Waals surface area contributed by atoms with Crippen molar-refractivity contribution in [2.45, 2.75) is 19.0 Å². The molecule has 1 aromatic rings. The minimum atomic E-state index is -3.14. The number of hydrogen-bond acceptors (Lipinski definition) is 6. The monoisotopic (exact) mass is 368 g/mol. The van der Waals surface area contributed by atoms with Gasteiger partial charge in [0.15, 0.2) is 9.84 Å². The summed E-state index contributed by atoms with van der Waals surface area (Å²) in [5.74, 6) is -1.47. The predicted octanol–water partition coefficient (Wildman–Crippen LogP) is -0.725. The molecule has 1 aromatic heterocycles. The van der Waals surface area contributed by atoms with Crippen molar-refractivity contribution in [1.29, 1.82) is 0 Å². The second-order valence-corrected chi connectivity index (χ2v) is 8.59. The zero-order valence-electron chi connectivity index (χ0n) is 14.5. The van der Waals surface area contributed by atoms with Crippen molar-refractivity contribution >= 4 is 21.7 Å². The molecule has 0 bridgehead atoms. The zero-order valence-corrected chi connectivity index (χ0v) is 15.3. The first-order chi connectivity index (χ1) is 11.8. The largest absolute Gasteiger partial charge is 0.342 e. The first-order valence-electron chi connectivity index (χ1n) is 8.12. The maximum atomic E-state index is 12.6. The van der Waals surface area contributed by atoms with E-state index in [1.807, 2.05) is 19.0 Å². The highest BCUT2D eigenvalue weighted by Gasteiger charge is 2.36. The van der Waals surface area contributed by atoms with E-state index < -0.39 is 27.7 Å². The number of nitrogens with one attached hydrogen (secondary N) is 1. The van der Waals surface area contributed by atoms with Gasteiger partial charge in [0.2, 0.25) is 0 Å². The minimum Gasteiger partial charge on any atom is -0.342 e. The number of nitrogens with zero attached hydrogens (tertiary/aromatic N) is 3. The number of carbonyl (C=O) groups is 2. The van der Waals surface area contributed by atoms with Crippen LogP contribution in [0.25, 0.3) is 0 Å². The van der Waals surface area contributed by atoms with Crippen LogP contribution in [0.3, 0.4) is 0 Å². The fourth-order valence-corrected chi connectivity index (χ4v) is 4.39. The van der Waals surface area contributed by atoms with E-state index in [-0.39, 0.29) is 18.1 Å². The van der Waals surface area contributed by atoms with Crippen molar-refractivity contribution in [3.8, 4) is 0 Å². The lowest BCUT2D eigenvalue weighted by Crippen LogP contribution is -2.50. The molecule has 1 saturated heterocycles. The molecule has 0 spiro atoms. The van der Waals surface area contributed by atoms with E-state index in [9.17, 15) is 18.0 Å². The number of rotatable bonds is 6. The molecule has 1 unspecified atom stereocenters. The third-order valence-electron chi connectivity index (χ3n) is 4.05. The lowest BCUT2D eigenvalue weighted by molar-refractivity contribution is -0.147. The maximum Gasteiger partial charge on any atom is 0.312 e. The summed E-state index contributed by atoms with van der Waals surface area (Å²) in [6.45, 7) is 1.01. The standard InChI is InChI=1S/C16H24N4O4S/c1-19(2)8-9-20(14-6-10-25(23,24)12-14)16(22)15(21)18-11-13-5-3-4-7-17-13/h3-5,7,14H,6,8-12H2,1-2H3,(H,18,21). The minimum absolute atomic E-state index is 0.0545. The van der Waals surface area contributed by atoms with Gasteiger partial charge in [0, 0.05) is 25.3 Å². The Balaban J connectivity index is 2.01. The van der Waals surface area contributed by atoms with E-state index in [2.05, 4.69) is 10.3 Å². The van der Waals surface area contributed by atoms with Crippen LogP contribution in [0.15, 0.2) is 24.4 Å². The fourth-order valence-electron chi connectivity index (χ4n) is 2.66. The van der Waals surface area contributed by atoms with Gasteiger partial charge in [-0.05, 0) is 32.6 Å². The summed E-state index contributed by atoms with van der Waals surface area (Å²) in [4.78, 5) is 32.1. The van der Waals surface area contributed by atoms with Gasteiger partial charge in [-0.25, -0.2) is 8.42 Å². The van der Waals surface area contributed by atoms with Crippen LogP contribution >= 0.6 is 0 Å². The second kappa shape index (κ2) is 8.39. The summed E-state index contributed by atoms with van der Waals surface area (Å²) in [6.07, 6.45) is 1.98. The van der Waals surface area contributed by atoms with E-state index >= 15 is 0 Å². The first-order valence-corrected chi connectivity index (χ1v) is 9.94. The van der Waals surface area contributed by atoms with Gasteiger partial charge < -0.3 is 15.1 Å². The lowest BCUT2D eigenvalue weighted by Gasteiger charge is -2.28. The molecule has 1 fully saturated rings. The van der Waals surface area contributed by atoms with Crippen LogP contribution in [0, 0.1) is 0 Å². The summed E-state index contributed by atoms with van der Waals surface area (Å²) >= 11 is 0. The van der Waals surface area contributed by atoms with Crippen LogP contribution in [0.5, 0.6) is 0 Å². The van der Waals surface area contributed by atoms with Crippen LogP contribution in [-0.2, 0) is 26.0 Å². The number of hydrogen-bond donors (Lipinski definition) is 1.